The molecular weight excluding hydrogens is 256 g/mol. The highest BCUT2D eigenvalue weighted by molar-refractivity contribution is 7.89. The highest BCUT2D eigenvalue weighted by atomic mass is 32.2. The van der Waals surface area contributed by atoms with Gasteiger partial charge in [0.05, 0.1) is 10.5 Å². The monoisotopic (exact) mass is 272 g/mol. The maximum absolute atomic E-state index is 12.3. The number of aliphatic hydroxyl groups is 1. The fraction of sp³-hybridized carbons (Fsp3) is 0.545. The zero-order chi connectivity index (χ0) is 13.4. The van der Waals surface area contributed by atoms with Gasteiger partial charge in [0.1, 0.15) is 0 Å². The van der Waals surface area contributed by atoms with Crippen molar-refractivity contribution in [2.24, 2.45) is 0 Å². The van der Waals surface area contributed by atoms with Gasteiger partial charge in [0.25, 0.3) is 0 Å². The predicted molar refractivity (Wildman–Crippen MR) is 65.7 cm³/mol. The van der Waals surface area contributed by atoms with Gasteiger partial charge in [0, 0.05) is 25.4 Å². The number of piperidine rings is 1. The number of sulfonamides is 1. The van der Waals surface area contributed by atoms with Crippen molar-refractivity contribution < 1.29 is 13.5 Å². The second kappa shape index (κ2) is 4.49. The van der Waals surface area contributed by atoms with Crippen LogP contribution < -0.4 is 5.56 Å². The first kappa shape index (κ1) is 13.3. The molecule has 1 atom stereocenters. The van der Waals surface area contributed by atoms with Crippen molar-refractivity contribution in [3.8, 4) is 0 Å². The molecule has 1 fully saturated rings. The summed E-state index contributed by atoms with van der Waals surface area (Å²) < 4.78 is 25.8. The van der Waals surface area contributed by atoms with Gasteiger partial charge in [-0.2, -0.15) is 4.31 Å². The van der Waals surface area contributed by atoms with Crippen LogP contribution in [-0.2, 0) is 10.0 Å². The average Bonchev–Trinajstić information content (AvgIpc) is 2.28. The van der Waals surface area contributed by atoms with Gasteiger partial charge in [-0.25, -0.2) is 8.42 Å². The molecule has 0 saturated carbocycles. The Labute approximate surface area is 105 Å². The van der Waals surface area contributed by atoms with Crippen LogP contribution in [0.25, 0.3) is 0 Å². The van der Waals surface area contributed by atoms with Gasteiger partial charge in [0.2, 0.25) is 15.6 Å². The van der Waals surface area contributed by atoms with Gasteiger partial charge in [-0.1, -0.05) is 0 Å². The lowest BCUT2D eigenvalue weighted by molar-refractivity contribution is 0.00939. The minimum absolute atomic E-state index is 0.0415. The lowest BCUT2D eigenvalue weighted by Crippen LogP contribution is -2.48. The van der Waals surface area contributed by atoms with E-state index in [9.17, 15) is 18.3 Å². The standard InChI is InChI=1S/C11H16N2O4S/c1-11(15)5-2-6-13(8-11)18(16,17)9-3-4-10(14)12-7-9/h3-4,7,15H,2,5-6,8H2,1H3,(H,12,14). The van der Waals surface area contributed by atoms with Gasteiger partial charge in [-0.15, -0.1) is 0 Å². The minimum Gasteiger partial charge on any atom is -0.389 e. The van der Waals surface area contributed by atoms with Gasteiger partial charge < -0.3 is 10.1 Å². The number of β-amino-alcohol motifs (C(OH)–C–C–N with tert-alkyl or cyclic N) is 1. The van der Waals surface area contributed by atoms with Crippen LogP contribution in [0.15, 0.2) is 28.0 Å². The first-order chi connectivity index (χ1) is 8.31. The second-order valence-electron chi connectivity index (χ2n) is 4.83. The van der Waals surface area contributed by atoms with Crippen LogP contribution >= 0.6 is 0 Å². The summed E-state index contributed by atoms with van der Waals surface area (Å²) in [4.78, 5) is 13.3. The van der Waals surface area contributed by atoms with Crippen LogP contribution in [0, 0.1) is 0 Å². The molecule has 2 rings (SSSR count). The zero-order valence-electron chi connectivity index (χ0n) is 10.1. The second-order valence-corrected chi connectivity index (χ2v) is 6.77. The minimum atomic E-state index is -3.65. The van der Waals surface area contributed by atoms with Gasteiger partial charge in [-0.3, -0.25) is 4.79 Å². The Kier molecular flexibility index (Phi) is 3.31. The molecule has 7 heteroatoms. The topological polar surface area (TPSA) is 90.5 Å². The number of nitrogens with zero attached hydrogens (tertiary/aromatic N) is 1. The Morgan fingerprint density at radius 3 is 2.72 bits per heavy atom. The van der Waals surface area contributed by atoms with E-state index in [0.29, 0.717) is 19.4 Å². The fourth-order valence-corrected chi connectivity index (χ4v) is 3.65. The summed E-state index contributed by atoms with van der Waals surface area (Å²) in [6.07, 6.45) is 2.39. The molecule has 1 aliphatic rings. The number of pyridine rings is 1. The van der Waals surface area contributed by atoms with Crippen molar-refractivity contribution in [2.45, 2.75) is 30.3 Å². The number of aromatic nitrogens is 1. The van der Waals surface area contributed by atoms with E-state index >= 15 is 0 Å². The molecule has 0 aliphatic carbocycles. The van der Waals surface area contributed by atoms with Crippen LogP contribution in [0.2, 0.25) is 0 Å². The van der Waals surface area contributed by atoms with Crippen molar-refractivity contribution in [2.75, 3.05) is 13.1 Å². The summed E-state index contributed by atoms with van der Waals surface area (Å²) in [5.41, 5.74) is -1.34. The van der Waals surface area contributed by atoms with Crippen LogP contribution in [0.3, 0.4) is 0 Å². The van der Waals surface area contributed by atoms with E-state index in [1.807, 2.05) is 0 Å². The molecule has 18 heavy (non-hydrogen) atoms. The number of aromatic amines is 1. The van der Waals surface area contributed by atoms with E-state index in [-0.39, 0.29) is 17.0 Å². The van der Waals surface area contributed by atoms with E-state index in [1.54, 1.807) is 6.92 Å². The van der Waals surface area contributed by atoms with Crippen LogP contribution in [0.1, 0.15) is 19.8 Å². The first-order valence-electron chi connectivity index (χ1n) is 5.73. The van der Waals surface area contributed by atoms with Gasteiger partial charge in [-0.05, 0) is 25.8 Å². The van der Waals surface area contributed by atoms with Gasteiger partial charge in [0.15, 0.2) is 0 Å². The van der Waals surface area contributed by atoms with E-state index in [1.165, 1.54) is 22.6 Å². The lowest BCUT2D eigenvalue weighted by atomic mass is 9.97. The SMILES string of the molecule is CC1(O)CCCN(S(=O)(=O)c2ccc(=O)[nH]c2)C1. The Balaban J connectivity index is 2.31. The Morgan fingerprint density at radius 2 is 2.17 bits per heavy atom. The molecule has 1 aliphatic heterocycles. The highest BCUT2D eigenvalue weighted by Crippen LogP contribution is 2.25. The molecule has 2 N–H and O–H groups in total. The molecule has 6 nitrogen and oxygen atoms in total. The largest absolute Gasteiger partial charge is 0.389 e. The van der Waals surface area contributed by atoms with Crippen molar-refractivity contribution in [3.05, 3.63) is 28.7 Å². The van der Waals surface area contributed by atoms with E-state index in [0.717, 1.165) is 0 Å². The molecule has 100 valence electrons. The van der Waals surface area contributed by atoms with E-state index < -0.39 is 15.6 Å². The number of hydrogen-bond acceptors (Lipinski definition) is 4. The van der Waals surface area contributed by atoms with Crippen molar-refractivity contribution in [1.29, 1.82) is 0 Å². The maximum Gasteiger partial charge on any atom is 0.247 e. The van der Waals surface area contributed by atoms with Crippen LogP contribution in [-0.4, -0.2) is 41.5 Å². The molecule has 1 unspecified atom stereocenters. The average molecular weight is 272 g/mol. The molecule has 1 aromatic heterocycles. The lowest BCUT2D eigenvalue weighted by Gasteiger charge is -2.35. The fourth-order valence-electron chi connectivity index (χ4n) is 2.09. The Bertz CT molecular complexity index is 571. The number of rotatable bonds is 2. The normalized spacial score (nSPS) is 26.1. The van der Waals surface area contributed by atoms with Crippen LogP contribution in [0.5, 0.6) is 0 Å². The van der Waals surface area contributed by atoms with Crippen molar-refractivity contribution in [3.63, 3.8) is 0 Å². The highest BCUT2D eigenvalue weighted by Gasteiger charge is 2.35. The quantitative estimate of drug-likeness (QED) is 0.787. The van der Waals surface area contributed by atoms with E-state index in [2.05, 4.69) is 4.98 Å². The molecule has 0 radical (unpaired) electrons. The van der Waals surface area contributed by atoms with Crippen LogP contribution in [0.4, 0.5) is 0 Å². The third-order valence-corrected chi connectivity index (χ3v) is 4.87. The summed E-state index contributed by atoms with van der Waals surface area (Å²) in [6, 6.07) is 2.45. The summed E-state index contributed by atoms with van der Waals surface area (Å²) in [5, 5.41) is 9.94. The van der Waals surface area contributed by atoms with Crippen molar-refractivity contribution in [1.82, 2.24) is 9.29 Å². The third-order valence-electron chi connectivity index (χ3n) is 3.03. The predicted octanol–water partition coefficient (Wildman–Crippen LogP) is -0.0896. The Morgan fingerprint density at radius 1 is 1.44 bits per heavy atom. The zero-order valence-corrected chi connectivity index (χ0v) is 10.9. The summed E-state index contributed by atoms with van der Waals surface area (Å²) in [5.74, 6) is 0. The first-order valence-corrected chi connectivity index (χ1v) is 7.17. The summed E-state index contributed by atoms with van der Waals surface area (Å²) in [7, 11) is -3.65. The smallest absolute Gasteiger partial charge is 0.247 e. The number of hydrogen-bond donors (Lipinski definition) is 2. The molecule has 0 aromatic carbocycles. The Hall–Kier alpha value is -1.18. The summed E-state index contributed by atoms with van der Waals surface area (Å²) in [6.45, 7) is 2.09. The molecule has 2 heterocycles. The number of nitrogens with one attached hydrogen (secondary N) is 1. The number of H-pyrrole nitrogens is 1. The summed E-state index contributed by atoms with van der Waals surface area (Å²) >= 11 is 0. The molecule has 0 amide bonds. The molecule has 1 saturated heterocycles. The third kappa shape index (κ3) is 2.63. The molecular formula is C11H16N2O4S. The molecule has 0 spiro atoms. The van der Waals surface area contributed by atoms with Crippen molar-refractivity contribution >= 4 is 10.0 Å². The maximum atomic E-state index is 12.3. The molecule has 1 aromatic rings. The molecule has 0 bridgehead atoms. The van der Waals surface area contributed by atoms with E-state index in [4.69, 9.17) is 0 Å². The van der Waals surface area contributed by atoms with Gasteiger partial charge >= 0.3 is 0 Å².